The van der Waals surface area contributed by atoms with Gasteiger partial charge in [0.1, 0.15) is 0 Å². The molecule has 0 spiro atoms. The molecule has 2 aromatic carbocycles. The lowest BCUT2D eigenvalue weighted by molar-refractivity contribution is -0.153. The van der Waals surface area contributed by atoms with E-state index in [-0.39, 0.29) is 24.3 Å². The van der Waals surface area contributed by atoms with E-state index in [0.717, 1.165) is 16.7 Å². The number of aryl methyl sites for hydroxylation is 2. The molecule has 31 heavy (non-hydrogen) atoms. The molecule has 1 atom stereocenters. The van der Waals surface area contributed by atoms with Crippen molar-refractivity contribution in [2.75, 3.05) is 11.9 Å². The van der Waals surface area contributed by atoms with Crippen molar-refractivity contribution in [1.29, 1.82) is 0 Å². The molecule has 0 aliphatic carbocycles. The highest BCUT2D eigenvalue weighted by molar-refractivity contribution is 5.96. The van der Waals surface area contributed by atoms with Crippen LogP contribution in [0.1, 0.15) is 61.2 Å². The SMILES string of the molecule is Cc1ccc(C)c(NC(=O)[C@@H](C)OC(=O)CCNC(=O)c2ccc(C(C)(C)C)cc2)c1. The molecule has 0 aliphatic heterocycles. The number of benzene rings is 2. The number of nitrogens with one attached hydrogen (secondary N) is 2. The third-order valence-corrected chi connectivity index (χ3v) is 4.96. The summed E-state index contributed by atoms with van der Waals surface area (Å²) in [6.45, 7) is 11.8. The van der Waals surface area contributed by atoms with Gasteiger partial charge in [0.25, 0.3) is 11.8 Å². The van der Waals surface area contributed by atoms with Crippen molar-refractivity contribution >= 4 is 23.5 Å². The summed E-state index contributed by atoms with van der Waals surface area (Å²) in [7, 11) is 0. The zero-order valence-corrected chi connectivity index (χ0v) is 19.2. The molecule has 2 aromatic rings. The van der Waals surface area contributed by atoms with Gasteiger partial charge in [0.15, 0.2) is 6.10 Å². The smallest absolute Gasteiger partial charge is 0.308 e. The first-order chi connectivity index (χ1) is 14.5. The van der Waals surface area contributed by atoms with Crippen molar-refractivity contribution in [2.24, 2.45) is 0 Å². The van der Waals surface area contributed by atoms with E-state index in [1.54, 1.807) is 12.1 Å². The Kier molecular flexibility index (Phi) is 7.97. The first-order valence-electron chi connectivity index (χ1n) is 10.4. The van der Waals surface area contributed by atoms with E-state index in [2.05, 4.69) is 31.4 Å². The topological polar surface area (TPSA) is 84.5 Å². The number of hydrogen-bond donors (Lipinski definition) is 2. The lowest BCUT2D eigenvalue weighted by Crippen LogP contribution is -2.32. The van der Waals surface area contributed by atoms with Crippen molar-refractivity contribution in [3.63, 3.8) is 0 Å². The highest BCUT2D eigenvalue weighted by Crippen LogP contribution is 2.22. The van der Waals surface area contributed by atoms with Gasteiger partial charge < -0.3 is 15.4 Å². The molecule has 2 rings (SSSR count). The minimum Gasteiger partial charge on any atom is -0.452 e. The quantitative estimate of drug-likeness (QED) is 0.650. The molecule has 2 amide bonds. The van der Waals surface area contributed by atoms with Gasteiger partial charge >= 0.3 is 5.97 Å². The molecule has 0 aliphatic rings. The molecule has 6 nitrogen and oxygen atoms in total. The molecule has 0 saturated heterocycles. The standard InChI is InChI=1S/C25H32N2O4/c1-16-7-8-17(2)21(15-16)27-23(29)18(3)31-22(28)13-14-26-24(30)19-9-11-20(12-10-19)25(4,5)6/h7-12,15,18H,13-14H2,1-6H3,(H,26,30)(H,27,29)/t18-/m1/s1. The predicted octanol–water partition coefficient (Wildman–Crippen LogP) is 4.29. The molecule has 0 saturated carbocycles. The summed E-state index contributed by atoms with van der Waals surface area (Å²) in [5.41, 5.74) is 4.32. The number of esters is 1. The van der Waals surface area contributed by atoms with Crippen molar-refractivity contribution in [2.45, 2.75) is 59.5 Å². The maximum Gasteiger partial charge on any atom is 0.308 e. The van der Waals surface area contributed by atoms with E-state index in [9.17, 15) is 14.4 Å². The third kappa shape index (κ3) is 7.24. The fourth-order valence-corrected chi connectivity index (χ4v) is 2.92. The second-order valence-corrected chi connectivity index (χ2v) is 8.77. The number of carbonyl (C=O) groups is 3. The van der Waals surface area contributed by atoms with Gasteiger partial charge in [-0.15, -0.1) is 0 Å². The van der Waals surface area contributed by atoms with Gasteiger partial charge in [-0.05, 0) is 61.1 Å². The molecule has 0 bridgehead atoms. The Hall–Kier alpha value is -3.15. The van der Waals surface area contributed by atoms with E-state index >= 15 is 0 Å². The van der Waals surface area contributed by atoms with Gasteiger partial charge in [-0.25, -0.2) is 0 Å². The first-order valence-corrected chi connectivity index (χ1v) is 10.4. The monoisotopic (exact) mass is 424 g/mol. The predicted molar refractivity (Wildman–Crippen MR) is 122 cm³/mol. The number of anilines is 1. The molecule has 0 aromatic heterocycles. The van der Waals surface area contributed by atoms with Gasteiger partial charge in [-0.1, -0.05) is 45.0 Å². The summed E-state index contributed by atoms with van der Waals surface area (Å²) in [5, 5.41) is 5.48. The van der Waals surface area contributed by atoms with Gasteiger partial charge in [0, 0.05) is 17.8 Å². The normalized spacial score (nSPS) is 12.1. The molecule has 0 fully saturated rings. The van der Waals surface area contributed by atoms with Crippen LogP contribution in [-0.2, 0) is 19.7 Å². The zero-order chi connectivity index (χ0) is 23.2. The van der Waals surface area contributed by atoms with Crippen molar-refractivity contribution in [3.8, 4) is 0 Å². The second kappa shape index (κ2) is 10.2. The van der Waals surface area contributed by atoms with Crippen LogP contribution in [0, 0.1) is 13.8 Å². The van der Waals surface area contributed by atoms with E-state index in [0.29, 0.717) is 11.3 Å². The molecule has 166 valence electrons. The average Bonchev–Trinajstić information content (AvgIpc) is 2.70. The molecular weight excluding hydrogens is 392 g/mol. The average molecular weight is 425 g/mol. The molecule has 2 N–H and O–H groups in total. The molecule has 0 unspecified atom stereocenters. The van der Waals surface area contributed by atoms with Crippen LogP contribution in [0.15, 0.2) is 42.5 Å². The maximum atomic E-state index is 12.3. The van der Waals surface area contributed by atoms with Crippen molar-refractivity contribution in [1.82, 2.24) is 5.32 Å². The summed E-state index contributed by atoms with van der Waals surface area (Å²) in [5.74, 6) is -1.20. The summed E-state index contributed by atoms with van der Waals surface area (Å²) >= 11 is 0. The number of ether oxygens (including phenoxy) is 1. The summed E-state index contributed by atoms with van der Waals surface area (Å²) in [6.07, 6.45) is -0.958. The number of hydrogen-bond acceptors (Lipinski definition) is 4. The van der Waals surface area contributed by atoms with Crippen LogP contribution in [0.2, 0.25) is 0 Å². The van der Waals surface area contributed by atoms with Crippen LogP contribution in [-0.4, -0.2) is 30.4 Å². The van der Waals surface area contributed by atoms with Crippen LogP contribution in [0.5, 0.6) is 0 Å². The maximum absolute atomic E-state index is 12.3. The molecule has 0 heterocycles. The number of carbonyl (C=O) groups excluding carboxylic acids is 3. The highest BCUT2D eigenvalue weighted by Gasteiger charge is 2.19. The lowest BCUT2D eigenvalue weighted by Gasteiger charge is -2.19. The fourth-order valence-electron chi connectivity index (χ4n) is 2.92. The fraction of sp³-hybridized carbons (Fsp3) is 0.400. The van der Waals surface area contributed by atoms with Gasteiger partial charge in [-0.3, -0.25) is 14.4 Å². The summed E-state index contributed by atoms with van der Waals surface area (Å²) in [4.78, 5) is 36.6. The zero-order valence-electron chi connectivity index (χ0n) is 19.2. The summed E-state index contributed by atoms with van der Waals surface area (Å²) < 4.78 is 5.19. The second-order valence-electron chi connectivity index (χ2n) is 8.77. The Labute approximate surface area is 184 Å². The van der Waals surface area contributed by atoms with Crippen LogP contribution in [0.25, 0.3) is 0 Å². The van der Waals surface area contributed by atoms with E-state index < -0.39 is 18.0 Å². The third-order valence-electron chi connectivity index (χ3n) is 4.96. The van der Waals surface area contributed by atoms with Crippen LogP contribution in [0.4, 0.5) is 5.69 Å². The lowest BCUT2D eigenvalue weighted by atomic mass is 9.87. The Bertz CT molecular complexity index is 943. The van der Waals surface area contributed by atoms with Crippen molar-refractivity contribution in [3.05, 3.63) is 64.7 Å². The highest BCUT2D eigenvalue weighted by atomic mass is 16.5. The largest absolute Gasteiger partial charge is 0.452 e. The van der Waals surface area contributed by atoms with Crippen molar-refractivity contribution < 1.29 is 19.1 Å². The molecule has 0 radical (unpaired) electrons. The molecule has 6 heteroatoms. The van der Waals surface area contributed by atoms with E-state index in [1.807, 2.05) is 44.2 Å². The van der Waals surface area contributed by atoms with Crippen LogP contribution in [0.3, 0.4) is 0 Å². The van der Waals surface area contributed by atoms with Gasteiger partial charge in [0.05, 0.1) is 6.42 Å². The number of amides is 2. The van der Waals surface area contributed by atoms with E-state index in [4.69, 9.17) is 4.74 Å². The van der Waals surface area contributed by atoms with Crippen LogP contribution < -0.4 is 10.6 Å². The Morgan fingerprint density at radius 1 is 1.00 bits per heavy atom. The summed E-state index contributed by atoms with van der Waals surface area (Å²) in [6, 6.07) is 13.1. The Morgan fingerprint density at radius 3 is 2.26 bits per heavy atom. The van der Waals surface area contributed by atoms with Gasteiger partial charge in [0.2, 0.25) is 0 Å². The Morgan fingerprint density at radius 2 is 1.65 bits per heavy atom. The Balaban J connectivity index is 1.78. The first kappa shape index (κ1) is 24.1. The molecular formula is C25H32N2O4. The van der Waals surface area contributed by atoms with E-state index in [1.165, 1.54) is 6.92 Å². The minimum atomic E-state index is -0.937. The number of rotatable bonds is 7. The van der Waals surface area contributed by atoms with Crippen LogP contribution >= 0.6 is 0 Å². The minimum absolute atomic E-state index is 0.0137. The van der Waals surface area contributed by atoms with Gasteiger partial charge in [-0.2, -0.15) is 0 Å².